The van der Waals surface area contributed by atoms with Crippen molar-refractivity contribution in [2.24, 2.45) is 4.99 Å². The minimum atomic E-state index is -0.196. The average Bonchev–Trinajstić information content (AvgIpc) is 3.04. The van der Waals surface area contributed by atoms with Crippen molar-refractivity contribution in [1.29, 1.82) is 0 Å². The van der Waals surface area contributed by atoms with Crippen LogP contribution in [0.15, 0.2) is 92.8 Å². The standard InChI is InChI=1S/C28H23NO4/c1-4-29-19-9-10-22-16(2)11-20(33-25(22)14-19)15-21-13-18(12-17(3)32-21)26-27(30)23-7-5-6-8-24(23)28(26)31/h5-15,30H,4H2,1-3H3. The van der Waals surface area contributed by atoms with Crippen molar-refractivity contribution in [3.8, 4) is 11.3 Å². The normalized spacial score (nSPS) is 17.4. The van der Waals surface area contributed by atoms with Crippen molar-refractivity contribution in [2.75, 3.05) is 6.54 Å². The van der Waals surface area contributed by atoms with Crippen molar-refractivity contribution in [3.63, 3.8) is 0 Å². The average molecular weight is 437 g/mol. The van der Waals surface area contributed by atoms with Gasteiger partial charge in [0.2, 0.25) is 0 Å². The monoisotopic (exact) mass is 437 g/mol. The van der Waals surface area contributed by atoms with Crippen LogP contribution in [0.5, 0.6) is 0 Å². The van der Waals surface area contributed by atoms with Crippen molar-refractivity contribution in [3.05, 3.63) is 111 Å². The third kappa shape index (κ3) is 3.72. The van der Waals surface area contributed by atoms with Crippen LogP contribution in [0.4, 0.5) is 0 Å². The number of Topliss-reactive ketones (excluding diaryl/α,β-unsaturated/α-hetero) is 1. The second-order valence-electron chi connectivity index (χ2n) is 8.09. The number of aryl methyl sites for hydroxylation is 1. The molecular formula is C28H23NO4. The van der Waals surface area contributed by atoms with Crippen LogP contribution in [-0.4, -0.2) is 17.4 Å². The quantitative estimate of drug-likeness (QED) is 0.547. The zero-order chi connectivity index (χ0) is 23.1. The van der Waals surface area contributed by atoms with Gasteiger partial charge in [-0.15, -0.1) is 0 Å². The van der Waals surface area contributed by atoms with E-state index in [9.17, 15) is 9.90 Å². The van der Waals surface area contributed by atoms with Gasteiger partial charge in [0.15, 0.2) is 5.78 Å². The summed E-state index contributed by atoms with van der Waals surface area (Å²) in [5.41, 5.74) is 4.03. The van der Waals surface area contributed by atoms with E-state index in [1.807, 2.05) is 45.0 Å². The number of ketones is 1. The predicted molar refractivity (Wildman–Crippen MR) is 127 cm³/mol. The number of nitrogens with zero attached hydrogens (tertiary/aromatic N) is 1. The Hall–Kier alpha value is -4.12. The van der Waals surface area contributed by atoms with Gasteiger partial charge in [-0.3, -0.25) is 9.79 Å². The number of hydrogen-bond acceptors (Lipinski definition) is 5. The van der Waals surface area contributed by atoms with Crippen LogP contribution in [-0.2, 0) is 4.74 Å². The summed E-state index contributed by atoms with van der Waals surface area (Å²) in [6.07, 6.45) is 5.30. The van der Waals surface area contributed by atoms with Gasteiger partial charge in [-0.05, 0) is 62.3 Å². The highest BCUT2D eigenvalue weighted by molar-refractivity contribution is 6.22. The summed E-state index contributed by atoms with van der Waals surface area (Å²) in [6.45, 7) is 6.54. The highest BCUT2D eigenvalue weighted by Gasteiger charge is 2.32. The topological polar surface area (TPSA) is 72.0 Å². The van der Waals surface area contributed by atoms with Gasteiger partial charge in [0, 0.05) is 35.4 Å². The fraction of sp³-hybridized carbons (Fsp3) is 0.143. The van der Waals surface area contributed by atoms with Crippen LogP contribution in [0.1, 0.15) is 41.1 Å². The molecule has 0 saturated heterocycles. The molecule has 5 nitrogen and oxygen atoms in total. The first kappa shape index (κ1) is 20.8. The molecule has 0 aromatic heterocycles. The molecule has 5 rings (SSSR count). The summed E-state index contributed by atoms with van der Waals surface area (Å²) in [5, 5.41) is 11.6. The van der Waals surface area contributed by atoms with E-state index in [1.165, 1.54) is 0 Å². The van der Waals surface area contributed by atoms with Crippen LogP contribution in [0, 0.1) is 6.92 Å². The first-order valence-corrected chi connectivity index (χ1v) is 10.9. The van der Waals surface area contributed by atoms with Crippen LogP contribution in [0.25, 0.3) is 23.2 Å². The minimum Gasteiger partial charge on any atom is -0.507 e. The Balaban J connectivity index is 1.58. The molecule has 0 unspecified atom stereocenters. The van der Waals surface area contributed by atoms with E-state index in [1.54, 1.807) is 42.5 Å². The summed E-state index contributed by atoms with van der Waals surface area (Å²) >= 11 is 0. The molecule has 0 saturated carbocycles. The van der Waals surface area contributed by atoms with E-state index in [-0.39, 0.29) is 17.1 Å². The van der Waals surface area contributed by atoms with E-state index in [0.717, 1.165) is 22.2 Å². The molecule has 0 fully saturated rings. The molecule has 4 aliphatic rings. The van der Waals surface area contributed by atoms with Crippen LogP contribution in [0.3, 0.4) is 0 Å². The molecule has 0 radical (unpaired) electrons. The zero-order valence-electron chi connectivity index (χ0n) is 18.7. The van der Waals surface area contributed by atoms with Crippen molar-refractivity contribution in [2.45, 2.75) is 20.8 Å². The SMILES string of the molecule is CCN=c1ccc2c(C)cc(C=C3C=C(C4=C(O)c5ccccc5C4=O)C=C(C)O3)oc-2c1. The van der Waals surface area contributed by atoms with E-state index in [2.05, 4.69) is 4.99 Å². The molecule has 33 heavy (non-hydrogen) atoms. The number of rotatable bonds is 3. The fourth-order valence-corrected chi connectivity index (χ4v) is 4.27. The molecule has 2 heterocycles. The van der Waals surface area contributed by atoms with Gasteiger partial charge < -0.3 is 14.3 Å². The van der Waals surface area contributed by atoms with Crippen molar-refractivity contribution < 1.29 is 19.1 Å². The number of allylic oxidation sites excluding steroid dienone is 5. The highest BCUT2D eigenvalue weighted by atomic mass is 16.5. The molecular weight excluding hydrogens is 414 g/mol. The summed E-state index contributed by atoms with van der Waals surface area (Å²) < 4.78 is 12.0. The number of carbonyl (C=O) groups is 1. The molecule has 0 atom stereocenters. The number of hydrogen-bond donors (Lipinski definition) is 1. The Morgan fingerprint density at radius 2 is 1.79 bits per heavy atom. The molecule has 5 heteroatoms. The van der Waals surface area contributed by atoms with Crippen molar-refractivity contribution >= 4 is 17.6 Å². The third-order valence-electron chi connectivity index (χ3n) is 5.72. The lowest BCUT2D eigenvalue weighted by Crippen LogP contribution is -2.05. The summed E-state index contributed by atoms with van der Waals surface area (Å²) in [6, 6.07) is 14.9. The summed E-state index contributed by atoms with van der Waals surface area (Å²) in [5.74, 6) is 2.29. The lowest BCUT2D eigenvalue weighted by Gasteiger charge is -2.16. The molecule has 0 bridgehead atoms. The number of benzene rings is 2. The van der Waals surface area contributed by atoms with E-state index < -0.39 is 0 Å². The van der Waals surface area contributed by atoms with E-state index >= 15 is 0 Å². The molecule has 164 valence electrons. The van der Waals surface area contributed by atoms with Crippen LogP contribution >= 0.6 is 0 Å². The molecule has 1 N–H and O–H groups in total. The first-order chi connectivity index (χ1) is 15.9. The first-order valence-electron chi connectivity index (χ1n) is 10.9. The maximum atomic E-state index is 13.0. The minimum absolute atomic E-state index is 0.00871. The summed E-state index contributed by atoms with van der Waals surface area (Å²) in [7, 11) is 0. The van der Waals surface area contributed by atoms with Crippen molar-refractivity contribution in [1.82, 2.24) is 0 Å². The molecule has 0 amide bonds. The predicted octanol–water partition coefficient (Wildman–Crippen LogP) is 5.98. The molecule has 2 aliphatic heterocycles. The Labute approximate surface area is 191 Å². The molecule has 1 aromatic rings. The van der Waals surface area contributed by atoms with Gasteiger partial charge in [-0.25, -0.2) is 0 Å². The smallest absolute Gasteiger partial charge is 0.198 e. The maximum Gasteiger partial charge on any atom is 0.198 e. The Kier molecular flexibility index (Phi) is 5.09. The number of aliphatic hydroxyl groups excluding tert-OH is 1. The second kappa shape index (κ2) is 8.10. The van der Waals surface area contributed by atoms with Gasteiger partial charge in [0.1, 0.15) is 28.8 Å². The van der Waals surface area contributed by atoms with Gasteiger partial charge in [-0.1, -0.05) is 24.3 Å². The molecule has 2 aliphatic carbocycles. The van der Waals surface area contributed by atoms with Crippen LogP contribution in [0.2, 0.25) is 0 Å². The van der Waals surface area contributed by atoms with E-state index in [4.69, 9.17) is 9.15 Å². The Morgan fingerprint density at radius 3 is 2.55 bits per heavy atom. The lowest BCUT2D eigenvalue weighted by molar-refractivity contribution is 0.104. The van der Waals surface area contributed by atoms with Crippen LogP contribution < -0.4 is 5.36 Å². The third-order valence-corrected chi connectivity index (χ3v) is 5.72. The largest absolute Gasteiger partial charge is 0.507 e. The number of ether oxygens (including phenoxy) is 1. The van der Waals surface area contributed by atoms with Gasteiger partial charge in [0.25, 0.3) is 0 Å². The van der Waals surface area contributed by atoms with Gasteiger partial charge in [-0.2, -0.15) is 0 Å². The number of aliphatic hydroxyl groups is 1. The lowest BCUT2D eigenvalue weighted by atomic mass is 9.99. The Morgan fingerprint density at radius 1 is 1.00 bits per heavy atom. The van der Waals surface area contributed by atoms with E-state index in [0.29, 0.717) is 40.5 Å². The maximum absolute atomic E-state index is 13.0. The number of carbonyl (C=O) groups excluding carboxylic acids is 1. The second-order valence-corrected chi connectivity index (χ2v) is 8.09. The summed E-state index contributed by atoms with van der Waals surface area (Å²) in [4.78, 5) is 17.4. The highest BCUT2D eigenvalue weighted by Crippen LogP contribution is 2.38. The Bertz CT molecular complexity index is 1460. The molecule has 0 spiro atoms. The van der Waals surface area contributed by atoms with Gasteiger partial charge in [0.05, 0.1) is 10.9 Å². The molecule has 1 aromatic carbocycles. The fourth-order valence-electron chi connectivity index (χ4n) is 4.27. The van der Waals surface area contributed by atoms with Gasteiger partial charge >= 0.3 is 0 Å². The zero-order valence-corrected chi connectivity index (χ0v) is 18.7. The number of fused-ring (bicyclic) bond motifs is 2.